The number of nitrogens with one attached hydrogen (secondary N) is 1. The molecule has 1 N–H and O–H groups in total. The lowest BCUT2D eigenvalue weighted by Gasteiger charge is -1.86. The first-order valence-electron chi connectivity index (χ1n) is 3.02. The lowest BCUT2D eigenvalue weighted by molar-refractivity contribution is 0.598. The van der Waals surface area contributed by atoms with Crippen LogP contribution in [0.4, 0.5) is 0 Å². The molecular formula is C6H8NO2S+. The third kappa shape index (κ3) is 0.759. The van der Waals surface area contributed by atoms with E-state index in [2.05, 4.69) is 4.98 Å². The maximum atomic E-state index is 10.9. The Morgan fingerprint density at radius 3 is 2.30 bits per heavy atom. The van der Waals surface area contributed by atoms with E-state index in [1.165, 1.54) is 0 Å². The van der Waals surface area contributed by atoms with Crippen molar-refractivity contribution < 1.29 is 9.84 Å². The fourth-order valence-electron chi connectivity index (χ4n) is 1.22. The highest BCUT2D eigenvalue weighted by atomic mass is 32.2. The van der Waals surface area contributed by atoms with Gasteiger partial charge in [-0.05, 0) is 11.1 Å². The molecule has 1 aliphatic rings. The van der Waals surface area contributed by atoms with Crippen LogP contribution in [0.5, 0.6) is 0 Å². The van der Waals surface area contributed by atoms with Crippen molar-refractivity contribution in [3.8, 4) is 0 Å². The molecule has 1 aliphatic heterocycles. The Balaban J connectivity index is 0.000000605. The minimum Gasteiger partial charge on any atom is -0.367 e. The van der Waals surface area contributed by atoms with Crippen LogP contribution in [0.25, 0.3) is 0 Å². The number of fused-ring (bicyclic) bond motifs is 1. The van der Waals surface area contributed by atoms with Gasteiger partial charge < -0.3 is 4.98 Å². The van der Waals surface area contributed by atoms with Crippen LogP contribution in [-0.2, 0) is 21.3 Å². The van der Waals surface area contributed by atoms with Crippen molar-refractivity contribution in [1.82, 2.24) is 4.98 Å². The zero-order chi connectivity index (χ0) is 7.19. The summed E-state index contributed by atoms with van der Waals surface area (Å²) in [7, 11) is -2.78. The van der Waals surface area contributed by atoms with Crippen molar-refractivity contribution in [2.45, 2.75) is 11.5 Å². The lowest BCUT2D eigenvalue weighted by atomic mass is 10.2. The average Bonchev–Trinajstić information content (AvgIpc) is 2.20. The van der Waals surface area contributed by atoms with E-state index in [1.54, 1.807) is 12.4 Å². The molecule has 0 aliphatic carbocycles. The van der Waals surface area contributed by atoms with Crippen molar-refractivity contribution >= 4 is 9.84 Å². The number of sulfone groups is 1. The topological polar surface area (TPSA) is 49.9 Å². The first kappa shape index (κ1) is 5.97. The van der Waals surface area contributed by atoms with Crippen molar-refractivity contribution in [3.05, 3.63) is 23.5 Å². The third-order valence-corrected chi connectivity index (χ3v) is 3.18. The molecule has 0 spiro atoms. The molecule has 2 heterocycles. The van der Waals surface area contributed by atoms with Crippen LogP contribution in [0.15, 0.2) is 12.4 Å². The van der Waals surface area contributed by atoms with Gasteiger partial charge in [-0.2, -0.15) is 0 Å². The molecule has 0 unspecified atom stereocenters. The molecule has 10 heavy (non-hydrogen) atoms. The standard InChI is InChI=1S/C6H7NO2S/c8-10(9)3-5-1-7-2-6(5)4-10/h1-2,7H,3-4H2/p+1. The number of aromatic nitrogens is 1. The fourth-order valence-corrected chi connectivity index (χ4v) is 2.81. The molecule has 0 saturated heterocycles. The molecule has 0 aromatic carbocycles. The highest BCUT2D eigenvalue weighted by Gasteiger charge is 2.24. The molecule has 2 rings (SSSR count). The minimum atomic E-state index is -2.78. The summed E-state index contributed by atoms with van der Waals surface area (Å²) in [6, 6.07) is 0. The van der Waals surface area contributed by atoms with Crippen LogP contribution in [-0.4, -0.2) is 13.4 Å². The van der Waals surface area contributed by atoms with Gasteiger partial charge in [0.05, 0.1) is 11.5 Å². The molecule has 0 amide bonds. The van der Waals surface area contributed by atoms with Gasteiger partial charge in [-0.1, -0.05) is 0 Å². The predicted molar refractivity (Wildman–Crippen MR) is 38.2 cm³/mol. The van der Waals surface area contributed by atoms with E-state index in [0.29, 0.717) is 0 Å². The Morgan fingerprint density at radius 1 is 1.30 bits per heavy atom. The number of hydrogen-bond donors (Lipinski definition) is 1. The Labute approximate surface area is 60.5 Å². The Bertz CT molecular complexity index is 328. The van der Waals surface area contributed by atoms with Gasteiger partial charge in [0.15, 0.2) is 9.84 Å². The highest BCUT2D eigenvalue weighted by molar-refractivity contribution is 7.90. The van der Waals surface area contributed by atoms with Gasteiger partial charge in [-0.3, -0.25) is 0 Å². The lowest BCUT2D eigenvalue weighted by Crippen LogP contribution is -1.96. The summed E-state index contributed by atoms with van der Waals surface area (Å²) in [4.78, 5) is 2.87. The SMILES string of the molecule is O=S1(=O)Cc2c[nH]cc2C1.[H+]. The molecule has 0 radical (unpaired) electrons. The number of hydrogen-bond acceptors (Lipinski definition) is 2. The van der Waals surface area contributed by atoms with Crippen molar-refractivity contribution in [3.63, 3.8) is 0 Å². The van der Waals surface area contributed by atoms with Crippen LogP contribution in [0.2, 0.25) is 0 Å². The van der Waals surface area contributed by atoms with E-state index in [1.807, 2.05) is 0 Å². The zero-order valence-corrected chi connectivity index (χ0v) is 6.11. The fraction of sp³-hybridized carbons (Fsp3) is 0.333. The molecule has 4 heteroatoms. The predicted octanol–water partition coefficient (Wildman–Crippen LogP) is 0.556. The van der Waals surface area contributed by atoms with Gasteiger partial charge >= 0.3 is 1.43 Å². The van der Waals surface area contributed by atoms with E-state index in [4.69, 9.17) is 0 Å². The highest BCUT2D eigenvalue weighted by Crippen LogP contribution is 2.23. The van der Waals surface area contributed by atoms with Crippen molar-refractivity contribution in [2.24, 2.45) is 0 Å². The minimum absolute atomic E-state index is 0. The van der Waals surface area contributed by atoms with Crippen LogP contribution >= 0.6 is 0 Å². The second-order valence-corrected chi connectivity index (χ2v) is 4.60. The molecule has 0 atom stereocenters. The second kappa shape index (κ2) is 1.63. The van der Waals surface area contributed by atoms with Gasteiger partial charge in [-0.25, -0.2) is 8.42 Å². The summed E-state index contributed by atoms with van der Waals surface area (Å²) in [5.41, 5.74) is 1.86. The van der Waals surface area contributed by atoms with Gasteiger partial charge in [0.25, 0.3) is 0 Å². The van der Waals surface area contributed by atoms with E-state index < -0.39 is 9.84 Å². The van der Waals surface area contributed by atoms with Gasteiger partial charge in [0.1, 0.15) is 0 Å². The normalized spacial score (nSPS) is 20.8. The molecule has 54 valence electrons. The largest absolute Gasteiger partial charge is 1.00 e. The van der Waals surface area contributed by atoms with Crippen LogP contribution in [0.3, 0.4) is 0 Å². The number of rotatable bonds is 0. The first-order valence-corrected chi connectivity index (χ1v) is 4.84. The van der Waals surface area contributed by atoms with Gasteiger partial charge in [-0.15, -0.1) is 0 Å². The number of aromatic amines is 1. The van der Waals surface area contributed by atoms with Crippen LogP contribution in [0, 0.1) is 0 Å². The quantitative estimate of drug-likeness (QED) is 0.599. The average molecular weight is 158 g/mol. The summed E-state index contributed by atoms with van der Waals surface area (Å²) in [6.07, 6.45) is 3.50. The molecule has 0 saturated carbocycles. The van der Waals surface area contributed by atoms with Gasteiger partial charge in [0, 0.05) is 12.4 Å². The summed E-state index contributed by atoms with van der Waals surface area (Å²) in [6.45, 7) is 0. The molecule has 0 bridgehead atoms. The molecule has 3 nitrogen and oxygen atoms in total. The zero-order valence-electron chi connectivity index (χ0n) is 6.29. The van der Waals surface area contributed by atoms with E-state index in [-0.39, 0.29) is 12.9 Å². The maximum Gasteiger partial charge on any atom is 1.00 e. The van der Waals surface area contributed by atoms with E-state index in [9.17, 15) is 8.42 Å². The summed E-state index contributed by atoms with van der Waals surface area (Å²) in [5.74, 6) is 0.428. The van der Waals surface area contributed by atoms with Crippen LogP contribution < -0.4 is 0 Å². The van der Waals surface area contributed by atoms with Crippen LogP contribution in [0.1, 0.15) is 12.6 Å². The monoisotopic (exact) mass is 158 g/mol. The van der Waals surface area contributed by atoms with Crippen molar-refractivity contribution in [1.29, 1.82) is 0 Å². The van der Waals surface area contributed by atoms with Crippen molar-refractivity contribution in [2.75, 3.05) is 0 Å². The molecule has 0 fully saturated rings. The summed E-state index contributed by atoms with van der Waals surface area (Å²) >= 11 is 0. The molecular weight excluding hydrogens is 150 g/mol. The molecule has 1 aromatic heterocycles. The van der Waals surface area contributed by atoms with E-state index in [0.717, 1.165) is 11.1 Å². The number of H-pyrrole nitrogens is 1. The Kier molecular flexibility index (Phi) is 0.976. The maximum absolute atomic E-state index is 10.9. The molecule has 1 aromatic rings. The summed E-state index contributed by atoms with van der Waals surface area (Å²) in [5, 5.41) is 0. The second-order valence-electron chi connectivity index (χ2n) is 2.54. The third-order valence-electron chi connectivity index (χ3n) is 1.68. The Hall–Kier alpha value is -0.770. The Morgan fingerprint density at radius 2 is 1.80 bits per heavy atom. The smallest absolute Gasteiger partial charge is 0.367 e. The summed E-state index contributed by atoms with van der Waals surface area (Å²) < 4.78 is 21.9. The van der Waals surface area contributed by atoms with Gasteiger partial charge in [0.2, 0.25) is 0 Å². The van der Waals surface area contributed by atoms with E-state index >= 15 is 0 Å². The first-order chi connectivity index (χ1) is 4.67.